The molecule has 0 unspecified atom stereocenters. The van der Waals surface area contributed by atoms with Crippen molar-refractivity contribution in [2.45, 2.75) is 33.1 Å². The number of esters is 1. The van der Waals surface area contributed by atoms with Gasteiger partial charge in [0.25, 0.3) is 0 Å². The standard InChI is InChI=1S/C15H20O2/c1-5-17-14(16)10-11-15(3,4)13-8-6-12(2)7-9-13/h6-11H,5H2,1-4H3. The van der Waals surface area contributed by atoms with Crippen LogP contribution in [0.2, 0.25) is 0 Å². The van der Waals surface area contributed by atoms with Gasteiger partial charge in [0.05, 0.1) is 6.61 Å². The number of hydrogen-bond donors (Lipinski definition) is 0. The summed E-state index contributed by atoms with van der Waals surface area (Å²) in [6.07, 6.45) is 3.39. The van der Waals surface area contributed by atoms with E-state index in [0.29, 0.717) is 6.61 Å². The number of carbonyl (C=O) groups excluding carboxylic acids is 1. The first kappa shape index (κ1) is 13.5. The Morgan fingerprint density at radius 1 is 1.29 bits per heavy atom. The third-order valence-corrected chi connectivity index (χ3v) is 2.72. The normalized spacial score (nSPS) is 11.8. The highest BCUT2D eigenvalue weighted by atomic mass is 16.5. The molecular weight excluding hydrogens is 212 g/mol. The maximum absolute atomic E-state index is 11.3. The molecule has 0 atom stereocenters. The molecule has 0 aliphatic rings. The van der Waals surface area contributed by atoms with E-state index >= 15 is 0 Å². The van der Waals surface area contributed by atoms with E-state index in [4.69, 9.17) is 4.74 Å². The largest absolute Gasteiger partial charge is 0.463 e. The van der Waals surface area contributed by atoms with Crippen molar-refractivity contribution < 1.29 is 9.53 Å². The Morgan fingerprint density at radius 3 is 2.41 bits per heavy atom. The van der Waals surface area contributed by atoms with Crippen LogP contribution in [0.1, 0.15) is 31.9 Å². The number of benzene rings is 1. The van der Waals surface area contributed by atoms with Gasteiger partial charge < -0.3 is 4.74 Å². The predicted molar refractivity (Wildman–Crippen MR) is 70.0 cm³/mol. The first-order chi connectivity index (χ1) is 7.95. The van der Waals surface area contributed by atoms with Crippen molar-refractivity contribution in [2.24, 2.45) is 0 Å². The van der Waals surface area contributed by atoms with Gasteiger partial charge in [-0.05, 0) is 19.4 Å². The van der Waals surface area contributed by atoms with Gasteiger partial charge in [0.1, 0.15) is 0 Å². The van der Waals surface area contributed by atoms with Crippen LogP contribution in [-0.4, -0.2) is 12.6 Å². The summed E-state index contributed by atoms with van der Waals surface area (Å²) in [5.41, 5.74) is 2.25. The van der Waals surface area contributed by atoms with Gasteiger partial charge in [-0.3, -0.25) is 0 Å². The van der Waals surface area contributed by atoms with Crippen LogP contribution in [0.15, 0.2) is 36.4 Å². The molecule has 0 spiro atoms. The fourth-order valence-electron chi connectivity index (χ4n) is 1.55. The van der Waals surface area contributed by atoms with Gasteiger partial charge in [0.2, 0.25) is 0 Å². The minimum atomic E-state index is -0.285. The lowest BCUT2D eigenvalue weighted by Crippen LogP contribution is -2.14. The summed E-state index contributed by atoms with van der Waals surface area (Å²) >= 11 is 0. The summed E-state index contributed by atoms with van der Waals surface area (Å²) in [5.74, 6) is -0.285. The topological polar surface area (TPSA) is 26.3 Å². The van der Waals surface area contributed by atoms with E-state index in [0.717, 1.165) is 0 Å². The van der Waals surface area contributed by atoms with Crippen LogP contribution in [0.25, 0.3) is 0 Å². The molecule has 2 heteroatoms. The molecule has 0 fully saturated rings. The van der Waals surface area contributed by atoms with Crippen molar-refractivity contribution in [3.63, 3.8) is 0 Å². The molecule has 0 aromatic heterocycles. The van der Waals surface area contributed by atoms with Gasteiger partial charge in [0.15, 0.2) is 0 Å². The average molecular weight is 232 g/mol. The molecule has 17 heavy (non-hydrogen) atoms. The van der Waals surface area contributed by atoms with Gasteiger partial charge in [-0.1, -0.05) is 49.8 Å². The minimum absolute atomic E-state index is 0.166. The third kappa shape index (κ3) is 4.06. The fourth-order valence-corrected chi connectivity index (χ4v) is 1.55. The Morgan fingerprint density at radius 2 is 1.88 bits per heavy atom. The summed E-state index contributed by atoms with van der Waals surface area (Å²) in [6, 6.07) is 8.33. The Kier molecular flexibility index (Phi) is 4.50. The van der Waals surface area contributed by atoms with E-state index in [9.17, 15) is 4.79 Å². The molecule has 0 radical (unpaired) electrons. The molecule has 0 heterocycles. The van der Waals surface area contributed by atoms with Crippen molar-refractivity contribution in [3.8, 4) is 0 Å². The van der Waals surface area contributed by atoms with E-state index < -0.39 is 0 Å². The monoisotopic (exact) mass is 232 g/mol. The van der Waals surface area contributed by atoms with Gasteiger partial charge in [-0.2, -0.15) is 0 Å². The lowest BCUT2D eigenvalue weighted by Gasteiger charge is -2.20. The molecule has 2 nitrogen and oxygen atoms in total. The highest BCUT2D eigenvalue weighted by molar-refractivity contribution is 5.82. The molecule has 1 aromatic carbocycles. The van der Waals surface area contributed by atoms with E-state index in [-0.39, 0.29) is 11.4 Å². The number of ether oxygens (including phenoxy) is 1. The Bertz CT molecular complexity index is 399. The molecule has 0 N–H and O–H groups in total. The zero-order chi connectivity index (χ0) is 12.9. The summed E-state index contributed by atoms with van der Waals surface area (Å²) in [5, 5.41) is 0. The van der Waals surface area contributed by atoms with Crippen molar-refractivity contribution in [1.82, 2.24) is 0 Å². The van der Waals surface area contributed by atoms with Crippen LogP contribution in [0.4, 0.5) is 0 Å². The van der Waals surface area contributed by atoms with E-state index in [1.54, 1.807) is 6.92 Å². The number of aryl methyl sites for hydroxylation is 1. The van der Waals surface area contributed by atoms with E-state index in [1.807, 2.05) is 6.08 Å². The molecule has 0 amide bonds. The predicted octanol–water partition coefficient (Wildman–Crippen LogP) is 3.39. The smallest absolute Gasteiger partial charge is 0.330 e. The molecule has 0 aliphatic heterocycles. The number of hydrogen-bond acceptors (Lipinski definition) is 2. The first-order valence-corrected chi connectivity index (χ1v) is 5.89. The molecular formula is C15H20O2. The summed E-state index contributed by atoms with van der Waals surface area (Å²) in [7, 11) is 0. The van der Waals surface area contributed by atoms with Gasteiger partial charge >= 0.3 is 5.97 Å². The quantitative estimate of drug-likeness (QED) is 0.587. The number of allylic oxidation sites excluding steroid dienone is 1. The van der Waals surface area contributed by atoms with Gasteiger partial charge in [-0.25, -0.2) is 4.79 Å². The second-order valence-electron chi connectivity index (χ2n) is 4.67. The highest BCUT2D eigenvalue weighted by Crippen LogP contribution is 2.24. The fraction of sp³-hybridized carbons (Fsp3) is 0.400. The SMILES string of the molecule is CCOC(=O)C=CC(C)(C)c1ccc(C)cc1. The second-order valence-corrected chi connectivity index (χ2v) is 4.67. The van der Waals surface area contributed by atoms with E-state index in [1.165, 1.54) is 17.2 Å². The molecule has 1 aromatic rings. The van der Waals surface area contributed by atoms with E-state index in [2.05, 4.69) is 45.0 Å². The molecule has 1 rings (SSSR count). The summed E-state index contributed by atoms with van der Waals surface area (Å²) in [4.78, 5) is 11.3. The molecule has 92 valence electrons. The second kappa shape index (κ2) is 5.67. The lowest BCUT2D eigenvalue weighted by atomic mass is 9.84. The average Bonchev–Trinajstić information content (AvgIpc) is 2.28. The minimum Gasteiger partial charge on any atom is -0.463 e. The third-order valence-electron chi connectivity index (χ3n) is 2.72. The molecule has 0 saturated carbocycles. The first-order valence-electron chi connectivity index (χ1n) is 5.89. The van der Waals surface area contributed by atoms with Crippen molar-refractivity contribution >= 4 is 5.97 Å². The highest BCUT2D eigenvalue weighted by Gasteiger charge is 2.16. The Balaban J connectivity index is 2.80. The van der Waals surface area contributed by atoms with Crippen LogP contribution < -0.4 is 0 Å². The van der Waals surface area contributed by atoms with Crippen LogP contribution in [0.3, 0.4) is 0 Å². The Labute approximate surface area is 103 Å². The number of rotatable bonds is 4. The molecule has 0 saturated heterocycles. The molecule has 0 bridgehead atoms. The summed E-state index contributed by atoms with van der Waals surface area (Å²) in [6.45, 7) is 8.43. The number of carbonyl (C=O) groups is 1. The maximum Gasteiger partial charge on any atom is 0.330 e. The van der Waals surface area contributed by atoms with Gasteiger partial charge in [-0.15, -0.1) is 0 Å². The van der Waals surface area contributed by atoms with Crippen LogP contribution in [0, 0.1) is 6.92 Å². The van der Waals surface area contributed by atoms with Crippen molar-refractivity contribution in [2.75, 3.05) is 6.61 Å². The van der Waals surface area contributed by atoms with Gasteiger partial charge in [0, 0.05) is 11.5 Å². The maximum atomic E-state index is 11.3. The van der Waals surface area contributed by atoms with Crippen molar-refractivity contribution in [3.05, 3.63) is 47.5 Å². The zero-order valence-electron chi connectivity index (χ0n) is 11.0. The summed E-state index contributed by atoms with van der Waals surface area (Å²) < 4.78 is 4.87. The lowest BCUT2D eigenvalue weighted by molar-refractivity contribution is -0.137. The molecule has 0 aliphatic carbocycles. The van der Waals surface area contributed by atoms with Crippen LogP contribution in [0.5, 0.6) is 0 Å². The van der Waals surface area contributed by atoms with Crippen molar-refractivity contribution in [1.29, 1.82) is 0 Å². The van der Waals surface area contributed by atoms with Crippen LogP contribution >= 0.6 is 0 Å². The zero-order valence-corrected chi connectivity index (χ0v) is 11.0. The van der Waals surface area contributed by atoms with Crippen LogP contribution in [-0.2, 0) is 14.9 Å². The Hall–Kier alpha value is -1.57.